The largest absolute Gasteiger partial charge is 0.382 e. The molecule has 0 aliphatic carbocycles. The molecule has 0 unspecified atom stereocenters. The van der Waals surface area contributed by atoms with Gasteiger partial charge in [-0.05, 0) is 32.5 Å². The smallest absolute Gasteiger partial charge is 0.256 e. The third-order valence-corrected chi connectivity index (χ3v) is 5.32. The normalized spacial score (nSPS) is 16.6. The summed E-state index contributed by atoms with van der Waals surface area (Å²) in [6.45, 7) is 2.62. The minimum absolute atomic E-state index is 0.0180. The highest BCUT2D eigenvalue weighted by Gasteiger charge is 2.21. The summed E-state index contributed by atoms with van der Waals surface area (Å²) in [5.41, 5.74) is 12.5. The van der Waals surface area contributed by atoms with Crippen LogP contribution in [-0.2, 0) is 6.54 Å². The third-order valence-electron chi connectivity index (χ3n) is 5.32. The summed E-state index contributed by atoms with van der Waals surface area (Å²) < 4.78 is 54.9. The molecule has 1 fully saturated rings. The lowest BCUT2D eigenvalue weighted by atomic mass is 10.1. The summed E-state index contributed by atoms with van der Waals surface area (Å²) in [6.07, 6.45) is -1.29. The highest BCUT2D eigenvalue weighted by Crippen LogP contribution is 2.31. The Hall–Kier alpha value is -3.48. The van der Waals surface area contributed by atoms with E-state index in [0.717, 1.165) is 19.2 Å². The molecule has 0 amide bonds. The molecule has 4 N–H and O–H groups in total. The van der Waals surface area contributed by atoms with Gasteiger partial charge in [0.15, 0.2) is 17.3 Å². The molecule has 33 heavy (non-hydrogen) atoms. The molecule has 1 aliphatic heterocycles. The number of hydrogen-bond donors (Lipinski definition) is 2. The molecular formula is C20H23F4N9. The van der Waals surface area contributed by atoms with Crippen molar-refractivity contribution in [3.8, 4) is 11.3 Å². The number of anilines is 2. The average Bonchev–Trinajstić information content (AvgIpc) is 3.36. The standard InChI is InChI=1S/C15H13F3N8.C5H10FN/c1-6-21-9-3-2-8(22-14(9)25(6)5-10(17)18)11-7(16)4-26-12(11)13(19)23-15(20)24-26;1-7-3-2-5(6)4-7/h2-4,10H,5H2,1H3,(H4,19,20,23,24);5H,2-4H2,1H3/t;5-/m.1/s1. The Balaban J connectivity index is 0.000000318. The summed E-state index contributed by atoms with van der Waals surface area (Å²) in [7, 11) is 1.94. The summed E-state index contributed by atoms with van der Waals surface area (Å²) in [5.74, 6) is -0.371. The Bertz CT molecular complexity index is 1290. The Labute approximate surface area is 186 Å². The maximum Gasteiger partial charge on any atom is 0.256 e. The quantitative estimate of drug-likeness (QED) is 0.447. The Morgan fingerprint density at radius 2 is 1.94 bits per heavy atom. The minimum Gasteiger partial charge on any atom is -0.382 e. The number of likely N-dealkylation sites (tertiary alicyclic amines) is 1. The SMILES string of the molecule is CN1CC[C@@H](F)C1.Cc1nc2ccc(-c3c(F)cn4nc(N)nc(N)c34)nc2n1CC(F)F. The van der Waals surface area contributed by atoms with Crippen LogP contribution in [-0.4, -0.2) is 66.8 Å². The van der Waals surface area contributed by atoms with Crippen LogP contribution in [0.2, 0.25) is 0 Å². The van der Waals surface area contributed by atoms with Gasteiger partial charge in [0.1, 0.15) is 23.0 Å². The number of pyridine rings is 1. The molecule has 4 aromatic rings. The van der Waals surface area contributed by atoms with Gasteiger partial charge in [0, 0.05) is 13.1 Å². The number of hydrogen-bond acceptors (Lipinski definition) is 7. The van der Waals surface area contributed by atoms with Gasteiger partial charge >= 0.3 is 0 Å². The molecule has 5 heterocycles. The van der Waals surface area contributed by atoms with E-state index < -0.39 is 25.0 Å². The van der Waals surface area contributed by atoms with E-state index in [0.29, 0.717) is 17.9 Å². The van der Waals surface area contributed by atoms with Crippen LogP contribution in [0.1, 0.15) is 12.2 Å². The fourth-order valence-electron chi connectivity index (χ4n) is 3.83. The molecule has 4 aromatic heterocycles. The van der Waals surface area contributed by atoms with E-state index in [1.54, 1.807) is 13.0 Å². The molecule has 5 rings (SSSR count). The number of fused-ring (bicyclic) bond motifs is 2. The van der Waals surface area contributed by atoms with Crippen LogP contribution in [0.4, 0.5) is 29.3 Å². The van der Waals surface area contributed by atoms with Crippen molar-refractivity contribution in [2.75, 3.05) is 31.6 Å². The van der Waals surface area contributed by atoms with Crippen LogP contribution in [0.3, 0.4) is 0 Å². The Morgan fingerprint density at radius 1 is 1.18 bits per heavy atom. The minimum atomic E-state index is -2.57. The molecular weight excluding hydrogens is 442 g/mol. The van der Waals surface area contributed by atoms with Crippen LogP contribution >= 0.6 is 0 Å². The van der Waals surface area contributed by atoms with Crippen molar-refractivity contribution in [1.82, 2.24) is 34.0 Å². The highest BCUT2D eigenvalue weighted by atomic mass is 19.3. The lowest BCUT2D eigenvalue weighted by Crippen LogP contribution is -2.13. The van der Waals surface area contributed by atoms with Crippen LogP contribution in [0.25, 0.3) is 27.9 Å². The Morgan fingerprint density at radius 3 is 2.55 bits per heavy atom. The molecule has 9 nitrogen and oxygen atoms in total. The molecule has 1 atom stereocenters. The summed E-state index contributed by atoms with van der Waals surface area (Å²) in [5, 5.41) is 3.89. The lowest BCUT2D eigenvalue weighted by molar-refractivity contribution is 0.127. The van der Waals surface area contributed by atoms with E-state index in [4.69, 9.17) is 11.5 Å². The van der Waals surface area contributed by atoms with Crippen molar-refractivity contribution in [3.05, 3.63) is 30.0 Å². The third kappa shape index (κ3) is 4.53. The Kier molecular flexibility index (Phi) is 6.06. The van der Waals surface area contributed by atoms with E-state index >= 15 is 0 Å². The topological polar surface area (TPSA) is 116 Å². The van der Waals surface area contributed by atoms with E-state index in [1.165, 1.54) is 15.1 Å². The summed E-state index contributed by atoms with van der Waals surface area (Å²) >= 11 is 0. The van der Waals surface area contributed by atoms with Gasteiger partial charge < -0.3 is 20.9 Å². The second-order valence-corrected chi connectivity index (χ2v) is 7.85. The van der Waals surface area contributed by atoms with Crippen molar-refractivity contribution in [3.63, 3.8) is 0 Å². The fourth-order valence-corrected chi connectivity index (χ4v) is 3.83. The van der Waals surface area contributed by atoms with E-state index in [1.807, 2.05) is 11.9 Å². The first-order valence-corrected chi connectivity index (χ1v) is 10.2. The molecule has 0 spiro atoms. The van der Waals surface area contributed by atoms with E-state index in [9.17, 15) is 17.6 Å². The zero-order chi connectivity index (χ0) is 23.9. The highest BCUT2D eigenvalue weighted by molar-refractivity contribution is 5.88. The molecule has 0 radical (unpaired) electrons. The number of nitrogens with two attached hydrogens (primary N) is 2. The molecule has 0 bridgehead atoms. The van der Waals surface area contributed by atoms with Crippen LogP contribution in [0.15, 0.2) is 18.3 Å². The summed E-state index contributed by atoms with van der Waals surface area (Å²) in [6, 6.07) is 3.12. The van der Waals surface area contributed by atoms with Gasteiger partial charge in [0.25, 0.3) is 6.43 Å². The number of imidazole rings is 1. The van der Waals surface area contributed by atoms with Gasteiger partial charge in [-0.1, -0.05) is 0 Å². The van der Waals surface area contributed by atoms with Gasteiger partial charge in [0.2, 0.25) is 5.95 Å². The first-order valence-electron chi connectivity index (χ1n) is 10.2. The van der Waals surface area contributed by atoms with Crippen molar-refractivity contribution < 1.29 is 17.6 Å². The zero-order valence-corrected chi connectivity index (χ0v) is 18.0. The van der Waals surface area contributed by atoms with Crippen molar-refractivity contribution in [1.29, 1.82) is 0 Å². The maximum atomic E-state index is 14.6. The fraction of sp³-hybridized carbons (Fsp3) is 0.400. The number of halogens is 4. The second-order valence-electron chi connectivity index (χ2n) is 7.85. The predicted molar refractivity (Wildman–Crippen MR) is 116 cm³/mol. The van der Waals surface area contributed by atoms with Crippen LogP contribution < -0.4 is 11.5 Å². The lowest BCUT2D eigenvalue weighted by Gasteiger charge is -2.07. The van der Waals surface area contributed by atoms with E-state index in [2.05, 4.69) is 20.1 Å². The van der Waals surface area contributed by atoms with Crippen LogP contribution in [0, 0.1) is 12.7 Å². The number of aryl methyl sites for hydroxylation is 1. The van der Waals surface area contributed by atoms with Gasteiger partial charge in [-0.3, -0.25) is 0 Å². The first-order chi connectivity index (χ1) is 15.6. The second kappa shape index (κ2) is 8.81. The summed E-state index contributed by atoms with van der Waals surface area (Å²) in [4.78, 5) is 14.4. The van der Waals surface area contributed by atoms with Crippen molar-refractivity contribution in [2.45, 2.75) is 32.5 Å². The first kappa shape index (κ1) is 22.7. The van der Waals surface area contributed by atoms with Crippen LogP contribution in [0.5, 0.6) is 0 Å². The predicted octanol–water partition coefficient (Wildman–Crippen LogP) is 2.68. The number of aromatic nitrogens is 6. The monoisotopic (exact) mass is 465 g/mol. The molecule has 1 aliphatic rings. The zero-order valence-electron chi connectivity index (χ0n) is 18.0. The van der Waals surface area contributed by atoms with Gasteiger partial charge in [-0.25, -0.2) is 32.0 Å². The number of rotatable bonds is 3. The van der Waals surface area contributed by atoms with E-state index in [-0.39, 0.29) is 34.2 Å². The number of nitrogen functional groups attached to an aromatic ring is 2. The van der Waals surface area contributed by atoms with Gasteiger partial charge in [-0.2, -0.15) is 4.98 Å². The van der Waals surface area contributed by atoms with Gasteiger partial charge in [0.05, 0.1) is 24.0 Å². The average molecular weight is 465 g/mol. The van der Waals surface area contributed by atoms with Crippen molar-refractivity contribution in [2.24, 2.45) is 0 Å². The van der Waals surface area contributed by atoms with Gasteiger partial charge in [-0.15, -0.1) is 5.10 Å². The number of nitrogens with zero attached hydrogens (tertiary/aromatic N) is 7. The van der Waals surface area contributed by atoms with Crippen molar-refractivity contribution >= 4 is 28.4 Å². The molecule has 0 saturated carbocycles. The molecule has 0 aromatic carbocycles. The number of alkyl halides is 3. The molecule has 1 saturated heterocycles. The molecule has 176 valence electrons. The molecule has 13 heteroatoms. The maximum absolute atomic E-state index is 14.6.